The van der Waals surface area contributed by atoms with E-state index in [2.05, 4.69) is 11.9 Å². The number of aromatic hydroxyl groups is 1. The first-order chi connectivity index (χ1) is 13.5. The number of nitrogens with one attached hydrogen (secondary N) is 1. The molecule has 2 rings (SSSR count). The predicted octanol–water partition coefficient (Wildman–Crippen LogP) is 2.54. The minimum Gasteiger partial charge on any atom is -0.501 e. The number of nitrogens with zero attached hydrogens (tertiary/aromatic N) is 1. The summed E-state index contributed by atoms with van der Waals surface area (Å²) in [6.45, 7) is 2.49. The van der Waals surface area contributed by atoms with Gasteiger partial charge in [-0.25, -0.2) is 9.78 Å². The van der Waals surface area contributed by atoms with Crippen molar-refractivity contribution in [3.05, 3.63) is 48.2 Å². The molecule has 1 heterocycles. The van der Waals surface area contributed by atoms with Gasteiger partial charge in [-0.15, -0.1) is 0 Å². The number of unbranched alkanes of at least 4 members (excludes halogenated alkanes) is 2. The highest BCUT2D eigenvalue weighted by molar-refractivity contribution is 5.95. The lowest BCUT2D eigenvalue weighted by atomic mass is 10.1. The average Bonchev–Trinajstić information content (AvgIpc) is 2.68. The molecule has 0 radical (unpaired) electrons. The lowest BCUT2D eigenvalue weighted by molar-refractivity contribution is -0.121. The molecular formula is C20H25N3O5. The number of rotatable bonds is 9. The van der Waals surface area contributed by atoms with Crippen LogP contribution < -0.4 is 20.5 Å². The maximum Gasteiger partial charge on any atom is 0.420 e. The Morgan fingerprint density at radius 3 is 2.68 bits per heavy atom. The highest BCUT2D eigenvalue weighted by atomic mass is 16.6. The van der Waals surface area contributed by atoms with E-state index in [1.807, 2.05) is 35.6 Å². The second-order valence-electron chi connectivity index (χ2n) is 6.19. The van der Waals surface area contributed by atoms with Gasteiger partial charge in [0.15, 0.2) is 5.75 Å². The number of nitrogens with two attached hydrogens (primary N) is 1. The number of hydrogen-bond acceptors (Lipinski definition) is 7. The Hall–Kier alpha value is -3.13. The molecule has 2 amide bonds. The summed E-state index contributed by atoms with van der Waals surface area (Å²) in [5.74, 6) is -1.30. The molecule has 0 aliphatic heterocycles. The maximum absolute atomic E-state index is 12.1. The molecule has 0 spiro atoms. The van der Waals surface area contributed by atoms with Crippen LogP contribution in [0.1, 0.15) is 31.7 Å². The van der Waals surface area contributed by atoms with Crippen LogP contribution in [-0.2, 0) is 11.2 Å². The van der Waals surface area contributed by atoms with E-state index in [9.17, 15) is 14.7 Å². The first-order valence-electron chi connectivity index (χ1n) is 9.14. The molecule has 0 aliphatic rings. The van der Waals surface area contributed by atoms with E-state index in [0.29, 0.717) is 6.61 Å². The highest BCUT2D eigenvalue weighted by Crippen LogP contribution is 2.33. The Kier molecular flexibility index (Phi) is 8.23. The van der Waals surface area contributed by atoms with Crippen molar-refractivity contribution in [1.82, 2.24) is 10.3 Å². The van der Waals surface area contributed by atoms with Crippen LogP contribution in [0.3, 0.4) is 0 Å². The lowest BCUT2D eigenvalue weighted by Gasteiger charge is -2.13. The van der Waals surface area contributed by atoms with Crippen molar-refractivity contribution in [2.45, 2.75) is 38.6 Å². The molecule has 0 saturated carbocycles. The summed E-state index contributed by atoms with van der Waals surface area (Å²) in [7, 11) is 0. The van der Waals surface area contributed by atoms with E-state index >= 15 is 0 Å². The largest absolute Gasteiger partial charge is 0.501 e. The van der Waals surface area contributed by atoms with E-state index in [1.54, 1.807) is 0 Å². The third-order valence-corrected chi connectivity index (χ3v) is 3.91. The van der Waals surface area contributed by atoms with Gasteiger partial charge in [0, 0.05) is 12.3 Å². The summed E-state index contributed by atoms with van der Waals surface area (Å²) in [6.07, 6.45) is 3.40. The third-order valence-electron chi connectivity index (χ3n) is 3.91. The standard InChI is InChI=1S/C20H25N3O5/c1-2-3-7-12-27-16-10-11-22-19(17(16)24)28-20(26)23-18(25)15(21)13-14-8-5-4-6-9-14/h4-6,8-11,15,24H,2-3,7,12-13,21H2,1H3,(H,23,25,26)/t15-/m0/s1. The molecule has 2 aromatic rings. The van der Waals surface area contributed by atoms with Crippen LogP contribution in [0.5, 0.6) is 17.4 Å². The Morgan fingerprint density at radius 2 is 1.96 bits per heavy atom. The molecule has 8 nitrogen and oxygen atoms in total. The number of benzene rings is 1. The zero-order chi connectivity index (χ0) is 20.4. The predicted molar refractivity (Wildman–Crippen MR) is 103 cm³/mol. The fraction of sp³-hybridized carbons (Fsp3) is 0.350. The second kappa shape index (κ2) is 10.9. The summed E-state index contributed by atoms with van der Waals surface area (Å²) in [5, 5.41) is 12.2. The quantitative estimate of drug-likeness (QED) is 0.565. The molecule has 8 heteroatoms. The normalized spacial score (nSPS) is 11.5. The number of pyridine rings is 1. The van der Waals surface area contributed by atoms with Gasteiger partial charge in [0.25, 0.3) is 5.88 Å². The van der Waals surface area contributed by atoms with Gasteiger partial charge in [-0.2, -0.15) is 0 Å². The molecule has 0 saturated heterocycles. The monoisotopic (exact) mass is 387 g/mol. The molecule has 4 N–H and O–H groups in total. The molecule has 150 valence electrons. The number of carbonyl (C=O) groups excluding carboxylic acids is 2. The number of ether oxygens (including phenoxy) is 2. The van der Waals surface area contributed by atoms with Crippen LogP contribution in [0.4, 0.5) is 4.79 Å². The summed E-state index contributed by atoms with van der Waals surface area (Å²) in [5.41, 5.74) is 6.69. The Morgan fingerprint density at radius 1 is 1.21 bits per heavy atom. The Balaban J connectivity index is 1.88. The van der Waals surface area contributed by atoms with Crippen LogP contribution in [0.2, 0.25) is 0 Å². The molecule has 0 unspecified atom stereocenters. The highest BCUT2D eigenvalue weighted by Gasteiger charge is 2.20. The topological polar surface area (TPSA) is 124 Å². The fourth-order valence-corrected chi connectivity index (χ4v) is 2.41. The van der Waals surface area contributed by atoms with Crippen molar-refractivity contribution in [3.8, 4) is 17.4 Å². The zero-order valence-electron chi connectivity index (χ0n) is 15.8. The van der Waals surface area contributed by atoms with Gasteiger partial charge in [-0.05, 0) is 18.4 Å². The number of aromatic nitrogens is 1. The van der Waals surface area contributed by atoms with Crippen molar-refractivity contribution in [2.75, 3.05) is 6.61 Å². The molecule has 1 aromatic heterocycles. The van der Waals surface area contributed by atoms with Crippen LogP contribution in [-0.4, -0.2) is 34.7 Å². The molecule has 1 aromatic carbocycles. The first-order valence-corrected chi connectivity index (χ1v) is 9.14. The van der Waals surface area contributed by atoms with Crippen LogP contribution in [0.15, 0.2) is 42.6 Å². The van der Waals surface area contributed by atoms with Gasteiger partial charge in [-0.3, -0.25) is 10.1 Å². The van der Waals surface area contributed by atoms with Crippen LogP contribution in [0, 0.1) is 0 Å². The van der Waals surface area contributed by atoms with Crippen molar-refractivity contribution in [1.29, 1.82) is 0 Å². The summed E-state index contributed by atoms with van der Waals surface area (Å²) in [6, 6.07) is 9.73. The zero-order valence-corrected chi connectivity index (χ0v) is 15.8. The van der Waals surface area contributed by atoms with E-state index in [1.165, 1.54) is 12.3 Å². The van der Waals surface area contributed by atoms with Crippen LogP contribution in [0.25, 0.3) is 0 Å². The van der Waals surface area contributed by atoms with Gasteiger partial charge >= 0.3 is 6.09 Å². The smallest absolute Gasteiger partial charge is 0.420 e. The fourth-order valence-electron chi connectivity index (χ4n) is 2.41. The Bertz CT molecular complexity index is 783. The maximum atomic E-state index is 12.1. The van der Waals surface area contributed by atoms with Gasteiger partial charge in [0.2, 0.25) is 11.7 Å². The number of amides is 2. The van der Waals surface area contributed by atoms with Gasteiger partial charge < -0.3 is 20.3 Å². The molecule has 0 fully saturated rings. The van der Waals surface area contributed by atoms with E-state index < -0.39 is 23.8 Å². The number of hydrogen-bond donors (Lipinski definition) is 3. The third kappa shape index (κ3) is 6.55. The average molecular weight is 387 g/mol. The van der Waals surface area contributed by atoms with Crippen LogP contribution >= 0.6 is 0 Å². The minimum absolute atomic E-state index is 0.154. The van der Waals surface area contributed by atoms with Crippen molar-refractivity contribution >= 4 is 12.0 Å². The van der Waals surface area contributed by atoms with Crippen molar-refractivity contribution < 1.29 is 24.2 Å². The molecular weight excluding hydrogens is 362 g/mol. The SMILES string of the molecule is CCCCCOc1ccnc(OC(=O)NC(=O)[C@@H](N)Cc2ccccc2)c1O. The molecule has 0 aliphatic carbocycles. The molecule has 1 atom stereocenters. The summed E-state index contributed by atoms with van der Waals surface area (Å²) < 4.78 is 10.4. The second-order valence-corrected chi connectivity index (χ2v) is 6.19. The number of imide groups is 1. The van der Waals surface area contributed by atoms with Gasteiger partial charge in [-0.1, -0.05) is 50.1 Å². The van der Waals surface area contributed by atoms with E-state index in [-0.39, 0.29) is 18.1 Å². The van der Waals surface area contributed by atoms with Crippen molar-refractivity contribution in [3.63, 3.8) is 0 Å². The first kappa shape index (κ1) is 21.2. The molecule has 0 bridgehead atoms. The Labute approximate surface area is 163 Å². The van der Waals surface area contributed by atoms with Gasteiger partial charge in [0.1, 0.15) is 0 Å². The summed E-state index contributed by atoms with van der Waals surface area (Å²) >= 11 is 0. The van der Waals surface area contributed by atoms with E-state index in [0.717, 1.165) is 24.8 Å². The van der Waals surface area contributed by atoms with E-state index in [4.69, 9.17) is 15.2 Å². The molecule has 28 heavy (non-hydrogen) atoms. The number of carbonyl (C=O) groups is 2. The van der Waals surface area contributed by atoms with Crippen molar-refractivity contribution in [2.24, 2.45) is 5.73 Å². The van der Waals surface area contributed by atoms with Gasteiger partial charge in [0.05, 0.1) is 12.6 Å². The lowest BCUT2D eigenvalue weighted by Crippen LogP contribution is -2.45. The summed E-state index contributed by atoms with van der Waals surface area (Å²) in [4.78, 5) is 27.8. The minimum atomic E-state index is -1.08.